The molecule has 1 aliphatic rings. The number of hydrogen-bond donors (Lipinski definition) is 2. The van der Waals surface area contributed by atoms with Gasteiger partial charge in [0.1, 0.15) is 0 Å². The van der Waals surface area contributed by atoms with E-state index >= 15 is 0 Å². The van der Waals surface area contributed by atoms with E-state index in [1.807, 2.05) is 27.0 Å². The zero-order chi connectivity index (χ0) is 19.6. The van der Waals surface area contributed by atoms with Gasteiger partial charge in [-0.2, -0.15) is 0 Å². The lowest BCUT2D eigenvalue weighted by atomic mass is 10.1. The zero-order valence-corrected chi connectivity index (χ0v) is 20.3. The molecule has 0 heterocycles. The van der Waals surface area contributed by atoms with E-state index in [0.717, 1.165) is 42.9 Å². The number of aliphatic imine (C=N–C) groups is 1. The third-order valence-corrected chi connectivity index (χ3v) is 4.85. The average Bonchev–Trinajstić information content (AvgIpc) is 3.47. The van der Waals surface area contributed by atoms with Gasteiger partial charge in [-0.3, -0.25) is 4.99 Å². The van der Waals surface area contributed by atoms with Crippen LogP contribution in [0.1, 0.15) is 32.3 Å². The van der Waals surface area contributed by atoms with Gasteiger partial charge in [0.05, 0.1) is 13.2 Å². The molecule has 2 N–H and O–H groups in total. The molecule has 6 nitrogen and oxygen atoms in total. The van der Waals surface area contributed by atoms with Crippen LogP contribution in [0.4, 0.5) is 0 Å². The number of guanidine groups is 1. The van der Waals surface area contributed by atoms with Crippen molar-refractivity contribution in [1.29, 1.82) is 0 Å². The van der Waals surface area contributed by atoms with Crippen LogP contribution < -0.4 is 20.1 Å². The number of halogens is 1. The van der Waals surface area contributed by atoms with Crippen molar-refractivity contribution in [2.45, 2.75) is 39.2 Å². The maximum absolute atomic E-state index is 5.71. The summed E-state index contributed by atoms with van der Waals surface area (Å²) >= 11 is 0. The summed E-state index contributed by atoms with van der Waals surface area (Å²) in [6.45, 7) is 6.98. The molecule has 1 aromatic carbocycles. The minimum atomic E-state index is 0. The lowest BCUT2D eigenvalue weighted by Gasteiger charge is -2.25. The van der Waals surface area contributed by atoms with Gasteiger partial charge in [0.15, 0.2) is 17.5 Å². The van der Waals surface area contributed by atoms with Crippen molar-refractivity contribution in [3.63, 3.8) is 0 Å². The van der Waals surface area contributed by atoms with Crippen molar-refractivity contribution in [2.24, 2.45) is 10.9 Å². The van der Waals surface area contributed by atoms with E-state index in [2.05, 4.69) is 46.8 Å². The van der Waals surface area contributed by atoms with Crippen LogP contribution in [0.5, 0.6) is 11.5 Å². The van der Waals surface area contributed by atoms with E-state index in [9.17, 15) is 0 Å². The van der Waals surface area contributed by atoms with Gasteiger partial charge in [0.2, 0.25) is 0 Å². The standard InChI is InChI=1S/C21H36N4O2.HI/c1-6-26-19-11-8-16(14-20(19)27-7-2)12-13-23-21(22-3)24-15-18(25(4)5)17-9-10-17;/h8,11,14,17-18H,6-7,9-10,12-13,15H2,1-5H3,(H2,22,23,24);1H. The van der Waals surface area contributed by atoms with Crippen LogP contribution in [0, 0.1) is 5.92 Å². The summed E-state index contributed by atoms with van der Waals surface area (Å²) in [6, 6.07) is 6.74. The molecule has 1 saturated carbocycles. The molecule has 1 fully saturated rings. The zero-order valence-electron chi connectivity index (χ0n) is 18.0. The molecule has 0 spiro atoms. The molecule has 0 aromatic heterocycles. The van der Waals surface area contributed by atoms with Crippen LogP contribution in [0.15, 0.2) is 23.2 Å². The highest BCUT2D eigenvalue weighted by Crippen LogP contribution is 2.34. The highest BCUT2D eigenvalue weighted by molar-refractivity contribution is 14.0. The molecule has 1 atom stereocenters. The molecule has 160 valence electrons. The summed E-state index contributed by atoms with van der Waals surface area (Å²) in [4.78, 5) is 6.66. The van der Waals surface area contributed by atoms with E-state index < -0.39 is 0 Å². The van der Waals surface area contributed by atoms with E-state index in [-0.39, 0.29) is 24.0 Å². The van der Waals surface area contributed by atoms with Crippen molar-refractivity contribution in [2.75, 3.05) is 47.4 Å². The van der Waals surface area contributed by atoms with E-state index in [0.29, 0.717) is 19.3 Å². The molecule has 2 rings (SSSR count). The molecule has 1 unspecified atom stereocenters. The first-order valence-corrected chi connectivity index (χ1v) is 10.1. The molecule has 1 aliphatic carbocycles. The predicted molar refractivity (Wildman–Crippen MR) is 127 cm³/mol. The third-order valence-electron chi connectivity index (χ3n) is 4.85. The molecule has 7 heteroatoms. The lowest BCUT2D eigenvalue weighted by Crippen LogP contribution is -2.46. The highest BCUT2D eigenvalue weighted by Gasteiger charge is 2.32. The first-order chi connectivity index (χ1) is 13.1. The van der Waals surface area contributed by atoms with E-state index in [1.54, 1.807) is 0 Å². The minimum Gasteiger partial charge on any atom is -0.490 e. The van der Waals surface area contributed by atoms with Crippen molar-refractivity contribution in [3.8, 4) is 11.5 Å². The van der Waals surface area contributed by atoms with Crippen LogP contribution in [-0.4, -0.2) is 64.3 Å². The smallest absolute Gasteiger partial charge is 0.191 e. The Bertz CT molecular complexity index is 604. The fourth-order valence-electron chi connectivity index (χ4n) is 3.25. The predicted octanol–water partition coefficient (Wildman–Crippen LogP) is 3.15. The Morgan fingerprint density at radius 1 is 1.14 bits per heavy atom. The van der Waals surface area contributed by atoms with Crippen LogP contribution in [-0.2, 0) is 6.42 Å². The Morgan fingerprint density at radius 2 is 1.82 bits per heavy atom. The molecule has 28 heavy (non-hydrogen) atoms. The summed E-state index contributed by atoms with van der Waals surface area (Å²) in [7, 11) is 6.13. The van der Waals surface area contributed by atoms with Gasteiger partial charge in [-0.15, -0.1) is 24.0 Å². The Morgan fingerprint density at radius 3 is 2.39 bits per heavy atom. The first-order valence-electron chi connectivity index (χ1n) is 10.1. The summed E-state index contributed by atoms with van der Waals surface area (Å²) in [5.74, 6) is 3.31. The van der Waals surface area contributed by atoms with Crippen LogP contribution >= 0.6 is 24.0 Å². The second-order valence-electron chi connectivity index (χ2n) is 7.15. The largest absolute Gasteiger partial charge is 0.490 e. The number of nitrogens with zero attached hydrogens (tertiary/aromatic N) is 2. The monoisotopic (exact) mass is 504 g/mol. The van der Waals surface area contributed by atoms with Gasteiger partial charge in [0.25, 0.3) is 0 Å². The third kappa shape index (κ3) is 8.03. The minimum absolute atomic E-state index is 0. The van der Waals surface area contributed by atoms with Gasteiger partial charge < -0.3 is 25.0 Å². The van der Waals surface area contributed by atoms with Crippen LogP contribution in [0.25, 0.3) is 0 Å². The molecule has 0 saturated heterocycles. The Balaban J connectivity index is 0.00000392. The van der Waals surface area contributed by atoms with Crippen molar-refractivity contribution in [3.05, 3.63) is 23.8 Å². The number of benzene rings is 1. The number of likely N-dealkylation sites (N-methyl/N-ethyl adjacent to an activating group) is 1. The topological polar surface area (TPSA) is 58.1 Å². The van der Waals surface area contributed by atoms with Crippen LogP contribution in [0.2, 0.25) is 0 Å². The number of ether oxygens (including phenoxy) is 2. The fraction of sp³-hybridized carbons (Fsp3) is 0.667. The second-order valence-corrected chi connectivity index (χ2v) is 7.15. The van der Waals surface area contributed by atoms with Crippen molar-refractivity contribution in [1.82, 2.24) is 15.5 Å². The number of nitrogens with one attached hydrogen (secondary N) is 2. The van der Waals surface area contributed by atoms with Crippen LogP contribution in [0.3, 0.4) is 0 Å². The molecule has 0 radical (unpaired) electrons. The quantitative estimate of drug-likeness (QED) is 0.276. The Kier molecular flexibility index (Phi) is 11.6. The summed E-state index contributed by atoms with van der Waals surface area (Å²) in [6.07, 6.45) is 3.58. The van der Waals surface area contributed by atoms with E-state index in [4.69, 9.17) is 9.47 Å². The fourth-order valence-corrected chi connectivity index (χ4v) is 3.25. The Labute approximate surface area is 187 Å². The average molecular weight is 504 g/mol. The van der Waals surface area contributed by atoms with Gasteiger partial charge in [-0.1, -0.05) is 6.07 Å². The maximum atomic E-state index is 5.71. The Hall–Kier alpha value is -1.22. The molecule has 0 aliphatic heterocycles. The lowest BCUT2D eigenvalue weighted by molar-refractivity contribution is 0.264. The van der Waals surface area contributed by atoms with Crippen molar-refractivity contribution >= 4 is 29.9 Å². The molecular weight excluding hydrogens is 467 g/mol. The maximum Gasteiger partial charge on any atom is 0.191 e. The molecule has 0 amide bonds. The van der Waals surface area contributed by atoms with Gasteiger partial charge in [-0.25, -0.2) is 0 Å². The second kappa shape index (κ2) is 13.1. The van der Waals surface area contributed by atoms with Crippen molar-refractivity contribution < 1.29 is 9.47 Å². The van der Waals surface area contributed by atoms with Gasteiger partial charge in [-0.05, 0) is 70.8 Å². The number of hydrogen-bond acceptors (Lipinski definition) is 4. The van der Waals surface area contributed by atoms with Gasteiger partial charge in [0, 0.05) is 26.2 Å². The first kappa shape index (κ1) is 24.8. The van der Waals surface area contributed by atoms with Gasteiger partial charge >= 0.3 is 0 Å². The number of rotatable bonds is 11. The highest BCUT2D eigenvalue weighted by atomic mass is 127. The summed E-state index contributed by atoms with van der Waals surface area (Å²) in [5.41, 5.74) is 1.22. The summed E-state index contributed by atoms with van der Waals surface area (Å²) < 4.78 is 11.3. The summed E-state index contributed by atoms with van der Waals surface area (Å²) in [5, 5.41) is 6.88. The SMILES string of the molecule is CCOc1ccc(CCNC(=NC)NCC(C2CC2)N(C)C)cc1OCC.I. The molecule has 1 aromatic rings. The van der Waals surface area contributed by atoms with E-state index in [1.165, 1.54) is 18.4 Å². The normalized spacial score (nSPS) is 15.0. The molecule has 0 bridgehead atoms. The molecular formula is C21H37IN4O2.